The zero-order valence-corrected chi connectivity index (χ0v) is 53.5. The molecule has 6 heteroatoms. The van der Waals surface area contributed by atoms with E-state index in [1.165, 1.54) is 180 Å². The third kappa shape index (κ3) is 67.0. The summed E-state index contributed by atoms with van der Waals surface area (Å²) in [7, 11) is 0. The Hall–Kier alpha value is -3.67. The minimum atomic E-state index is -0.788. The predicted octanol–water partition coefficient (Wildman–Crippen LogP) is 24.0. The summed E-state index contributed by atoms with van der Waals surface area (Å²) < 4.78 is 16.9. The molecule has 6 nitrogen and oxygen atoms in total. The smallest absolute Gasteiger partial charge is 0.306 e. The van der Waals surface area contributed by atoms with Crippen LogP contribution in [0.3, 0.4) is 0 Å². The maximum atomic E-state index is 12.9. The summed E-state index contributed by atoms with van der Waals surface area (Å²) in [6, 6.07) is 0. The highest BCUT2D eigenvalue weighted by Crippen LogP contribution is 2.17. The lowest BCUT2D eigenvalue weighted by Gasteiger charge is -2.18. The van der Waals surface area contributed by atoms with Gasteiger partial charge in [0.05, 0.1) is 0 Å². The van der Waals surface area contributed by atoms with Gasteiger partial charge in [0.25, 0.3) is 0 Å². The van der Waals surface area contributed by atoms with Crippen LogP contribution in [0, 0.1) is 0 Å². The lowest BCUT2D eigenvalue weighted by molar-refractivity contribution is -0.167. The summed E-state index contributed by atoms with van der Waals surface area (Å²) in [5.41, 5.74) is 0. The molecular formula is C75H130O6. The third-order valence-corrected chi connectivity index (χ3v) is 15.0. The Bertz CT molecular complexity index is 1580. The van der Waals surface area contributed by atoms with E-state index in [4.69, 9.17) is 14.2 Å². The van der Waals surface area contributed by atoms with Crippen molar-refractivity contribution in [2.45, 2.75) is 348 Å². The molecule has 466 valence electrons. The van der Waals surface area contributed by atoms with Crippen molar-refractivity contribution in [3.63, 3.8) is 0 Å². The molecule has 0 aliphatic carbocycles. The van der Waals surface area contributed by atoms with Gasteiger partial charge in [-0.15, -0.1) is 0 Å². The van der Waals surface area contributed by atoms with Crippen LogP contribution in [-0.2, 0) is 28.6 Å². The quantitative estimate of drug-likeness (QED) is 0.0261. The van der Waals surface area contributed by atoms with Crippen LogP contribution in [0.4, 0.5) is 0 Å². The van der Waals surface area contributed by atoms with E-state index in [1.807, 2.05) is 0 Å². The maximum absolute atomic E-state index is 12.9. The van der Waals surface area contributed by atoms with Gasteiger partial charge in [0.2, 0.25) is 0 Å². The van der Waals surface area contributed by atoms with Gasteiger partial charge in [0.15, 0.2) is 6.10 Å². The molecule has 0 aromatic carbocycles. The summed E-state index contributed by atoms with van der Waals surface area (Å²) in [6.07, 6.45) is 92.9. The normalized spacial score (nSPS) is 12.7. The average molecular weight is 1130 g/mol. The number of allylic oxidation sites excluding steroid dienone is 16. The zero-order valence-electron chi connectivity index (χ0n) is 53.5. The molecule has 0 amide bonds. The molecule has 0 bridgehead atoms. The molecule has 0 saturated carbocycles. The fourth-order valence-electron chi connectivity index (χ4n) is 9.85. The number of ether oxygens (including phenoxy) is 3. The van der Waals surface area contributed by atoms with Gasteiger partial charge < -0.3 is 14.2 Å². The fraction of sp³-hybridized carbons (Fsp3) is 0.747. The van der Waals surface area contributed by atoms with Crippen LogP contribution in [0.1, 0.15) is 342 Å². The molecule has 0 aliphatic rings. The van der Waals surface area contributed by atoms with Crippen LogP contribution >= 0.6 is 0 Å². The Morgan fingerprint density at radius 2 is 0.481 bits per heavy atom. The van der Waals surface area contributed by atoms with Crippen LogP contribution in [0.25, 0.3) is 0 Å². The number of unbranched alkanes of at least 4 members (excludes halogenated alkanes) is 36. The standard InChI is InChI=1S/C75H130O6/c1-4-7-10-13-16-19-22-25-28-29-30-31-32-33-34-35-36-37-38-39-40-41-42-43-44-45-48-50-53-56-59-62-65-68-74(77)80-71-72(81-75(78)69-66-63-60-57-54-51-47-27-24-21-18-15-12-9-6-3)70-79-73(76)67-64-61-58-55-52-49-46-26-23-20-17-14-11-8-5-2/h7,10,16,18-19,21,25-28,30-31,33-34,46-47,72H,4-6,8-9,11-15,17,20,22-24,29,32,35-45,48-71H2,1-3H3/b10-7-,19-16-,21-18-,28-25-,31-30-,34-33-,46-26-,47-27-. The van der Waals surface area contributed by atoms with Crippen molar-refractivity contribution in [2.24, 2.45) is 0 Å². The summed E-state index contributed by atoms with van der Waals surface area (Å²) in [5.74, 6) is -0.890. The zero-order chi connectivity index (χ0) is 58.5. The Balaban J connectivity index is 4.19. The van der Waals surface area contributed by atoms with Crippen molar-refractivity contribution in [1.29, 1.82) is 0 Å². The van der Waals surface area contributed by atoms with E-state index >= 15 is 0 Å². The molecule has 0 aliphatic heterocycles. The van der Waals surface area contributed by atoms with E-state index in [0.29, 0.717) is 19.3 Å². The largest absolute Gasteiger partial charge is 0.462 e. The first-order valence-corrected chi connectivity index (χ1v) is 34.7. The molecule has 1 atom stereocenters. The molecule has 0 saturated heterocycles. The van der Waals surface area contributed by atoms with Gasteiger partial charge in [-0.3, -0.25) is 14.4 Å². The van der Waals surface area contributed by atoms with Crippen LogP contribution < -0.4 is 0 Å². The summed E-state index contributed by atoms with van der Waals surface area (Å²) in [4.78, 5) is 38.4. The van der Waals surface area contributed by atoms with Crippen molar-refractivity contribution >= 4 is 17.9 Å². The van der Waals surface area contributed by atoms with Gasteiger partial charge >= 0.3 is 17.9 Å². The number of hydrogen-bond acceptors (Lipinski definition) is 6. The molecule has 0 rings (SSSR count). The highest BCUT2D eigenvalue weighted by Gasteiger charge is 2.19. The van der Waals surface area contributed by atoms with Gasteiger partial charge in [0.1, 0.15) is 13.2 Å². The SMILES string of the molecule is CC/C=C\C/C=C\C/C=C\C/C=C\C/C=C\CCCCCCCCCCCCCCCCCCCC(=O)OCC(COC(=O)CCCCCCC/C=C\CCCCCCCC)OC(=O)CCCCCCC/C=C\C/C=C\CCCCC. The van der Waals surface area contributed by atoms with Gasteiger partial charge in [-0.25, -0.2) is 0 Å². The first-order valence-electron chi connectivity index (χ1n) is 34.7. The lowest BCUT2D eigenvalue weighted by atomic mass is 10.0. The topological polar surface area (TPSA) is 78.9 Å². The van der Waals surface area contributed by atoms with E-state index in [0.717, 1.165) is 122 Å². The van der Waals surface area contributed by atoms with E-state index in [1.54, 1.807) is 0 Å². The molecule has 0 fully saturated rings. The molecule has 0 aromatic rings. The van der Waals surface area contributed by atoms with Gasteiger partial charge in [0, 0.05) is 19.3 Å². The number of carbonyl (C=O) groups is 3. The Kier molecular flexibility index (Phi) is 65.7. The van der Waals surface area contributed by atoms with Crippen LogP contribution in [0.5, 0.6) is 0 Å². The van der Waals surface area contributed by atoms with Gasteiger partial charge in [-0.2, -0.15) is 0 Å². The Morgan fingerprint density at radius 3 is 0.790 bits per heavy atom. The number of esters is 3. The minimum Gasteiger partial charge on any atom is -0.462 e. The van der Waals surface area contributed by atoms with Crippen molar-refractivity contribution in [1.82, 2.24) is 0 Å². The second-order valence-corrected chi connectivity index (χ2v) is 23.1. The molecule has 0 heterocycles. The van der Waals surface area contributed by atoms with E-state index in [9.17, 15) is 14.4 Å². The van der Waals surface area contributed by atoms with Gasteiger partial charge in [-0.1, -0.05) is 298 Å². The summed E-state index contributed by atoms with van der Waals surface area (Å²) >= 11 is 0. The second kappa shape index (κ2) is 68.8. The van der Waals surface area contributed by atoms with Crippen molar-refractivity contribution in [2.75, 3.05) is 13.2 Å². The Labute approximate surface area is 502 Å². The highest BCUT2D eigenvalue weighted by molar-refractivity contribution is 5.71. The molecule has 81 heavy (non-hydrogen) atoms. The summed E-state index contributed by atoms with van der Waals surface area (Å²) in [5, 5.41) is 0. The molecule has 0 radical (unpaired) electrons. The third-order valence-electron chi connectivity index (χ3n) is 15.0. The number of carbonyl (C=O) groups excluding carboxylic acids is 3. The van der Waals surface area contributed by atoms with Crippen LogP contribution in [0.15, 0.2) is 97.2 Å². The second-order valence-electron chi connectivity index (χ2n) is 23.1. The molecular weight excluding hydrogens is 997 g/mol. The van der Waals surface area contributed by atoms with E-state index in [2.05, 4.69) is 118 Å². The fourth-order valence-corrected chi connectivity index (χ4v) is 9.85. The van der Waals surface area contributed by atoms with E-state index in [-0.39, 0.29) is 31.1 Å². The number of hydrogen-bond donors (Lipinski definition) is 0. The van der Waals surface area contributed by atoms with Crippen molar-refractivity contribution in [3.8, 4) is 0 Å². The van der Waals surface area contributed by atoms with Crippen molar-refractivity contribution in [3.05, 3.63) is 97.2 Å². The molecule has 0 aromatic heterocycles. The van der Waals surface area contributed by atoms with E-state index < -0.39 is 6.10 Å². The average Bonchev–Trinajstić information content (AvgIpc) is 3.47. The Morgan fingerprint density at radius 1 is 0.259 bits per heavy atom. The maximum Gasteiger partial charge on any atom is 0.306 e. The predicted molar refractivity (Wildman–Crippen MR) is 353 cm³/mol. The lowest BCUT2D eigenvalue weighted by Crippen LogP contribution is -2.30. The first-order chi connectivity index (χ1) is 40.0. The highest BCUT2D eigenvalue weighted by atomic mass is 16.6. The minimum absolute atomic E-state index is 0.0824. The number of rotatable bonds is 63. The summed E-state index contributed by atoms with van der Waals surface area (Å²) in [6.45, 7) is 6.51. The van der Waals surface area contributed by atoms with Gasteiger partial charge in [-0.05, 0) is 122 Å². The molecule has 0 N–H and O–H groups in total. The first kappa shape index (κ1) is 77.3. The molecule has 1 unspecified atom stereocenters. The monoisotopic (exact) mass is 1130 g/mol. The van der Waals surface area contributed by atoms with Crippen LogP contribution in [0.2, 0.25) is 0 Å². The molecule has 0 spiro atoms. The van der Waals surface area contributed by atoms with Crippen molar-refractivity contribution < 1.29 is 28.6 Å². The van der Waals surface area contributed by atoms with Crippen LogP contribution in [-0.4, -0.2) is 37.2 Å².